The molecule has 122 valence electrons. The van der Waals surface area contributed by atoms with Gasteiger partial charge in [-0.05, 0) is 42.8 Å². The molecule has 0 aliphatic heterocycles. The van der Waals surface area contributed by atoms with Gasteiger partial charge in [0.1, 0.15) is 0 Å². The van der Waals surface area contributed by atoms with Gasteiger partial charge in [0.05, 0.1) is 5.56 Å². The molecule has 6 heteroatoms. The normalized spacial score (nSPS) is 12.6. The van der Waals surface area contributed by atoms with Gasteiger partial charge >= 0.3 is 6.18 Å². The van der Waals surface area contributed by atoms with Crippen molar-refractivity contribution in [3.05, 3.63) is 65.2 Å². The molecular weight excluding hydrogens is 305 g/mol. The average Bonchev–Trinajstić information content (AvgIpc) is 2.53. The summed E-state index contributed by atoms with van der Waals surface area (Å²) in [5, 5.41) is 5.72. The third kappa shape index (κ3) is 4.25. The summed E-state index contributed by atoms with van der Waals surface area (Å²) in [6.07, 6.45) is -4.34. The van der Waals surface area contributed by atoms with Crippen molar-refractivity contribution in [1.82, 2.24) is 5.32 Å². The van der Waals surface area contributed by atoms with E-state index in [2.05, 4.69) is 10.6 Å². The summed E-state index contributed by atoms with van der Waals surface area (Å²) in [5.74, 6) is -0.198. The first-order valence-corrected chi connectivity index (χ1v) is 7.07. The Morgan fingerprint density at radius 3 is 2.30 bits per heavy atom. The fraction of sp³-hybridized carbons (Fsp3) is 0.235. The van der Waals surface area contributed by atoms with Crippen LogP contribution in [0.3, 0.4) is 0 Å². The number of halogens is 3. The van der Waals surface area contributed by atoms with Crippen LogP contribution in [0, 0.1) is 0 Å². The molecule has 2 aromatic rings. The zero-order valence-corrected chi connectivity index (χ0v) is 12.7. The van der Waals surface area contributed by atoms with E-state index in [9.17, 15) is 18.0 Å². The first-order valence-electron chi connectivity index (χ1n) is 7.07. The minimum Gasteiger partial charge on any atom is -0.379 e. The molecule has 0 bridgehead atoms. The maximum absolute atomic E-state index is 12.6. The number of nitrogens with one attached hydrogen (secondary N) is 2. The van der Waals surface area contributed by atoms with Crippen LogP contribution in [0.25, 0.3) is 0 Å². The fourth-order valence-electron chi connectivity index (χ4n) is 2.19. The molecule has 2 aromatic carbocycles. The Hall–Kier alpha value is -2.50. The van der Waals surface area contributed by atoms with Crippen LogP contribution in [0.2, 0.25) is 0 Å². The minimum absolute atomic E-state index is 0.197. The molecule has 3 nitrogen and oxygen atoms in total. The highest BCUT2D eigenvalue weighted by atomic mass is 19.4. The Kier molecular flexibility index (Phi) is 4.93. The van der Waals surface area contributed by atoms with E-state index in [0.29, 0.717) is 5.56 Å². The van der Waals surface area contributed by atoms with Crippen LogP contribution < -0.4 is 10.6 Å². The Balaban J connectivity index is 2.13. The number of amides is 1. The van der Waals surface area contributed by atoms with Gasteiger partial charge in [-0.3, -0.25) is 4.79 Å². The van der Waals surface area contributed by atoms with E-state index < -0.39 is 11.7 Å². The molecule has 0 aliphatic carbocycles. The molecule has 0 aromatic heterocycles. The second kappa shape index (κ2) is 6.73. The van der Waals surface area contributed by atoms with Crippen LogP contribution in [0.15, 0.2) is 48.5 Å². The van der Waals surface area contributed by atoms with E-state index in [1.807, 2.05) is 6.92 Å². The number of benzene rings is 2. The summed E-state index contributed by atoms with van der Waals surface area (Å²) in [7, 11) is 1.55. The second-order valence-electron chi connectivity index (χ2n) is 5.15. The second-order valence-corrected chi connectivity index (χ2v) is 5.15. The summed E-state index contributed by atoms with van der Waals surface area (Å²) in [5.41, 5.74) is 1.29. The molecular formula is C17H17F3N2O. The Labute approximate surface area is 132 Å². The van der Waals surface area contributed by atoms with Gasteiger partial charge in [-0.25, -0.2) is 0 Å². The number of rotatable bonds is 4. The number of hydrogen-bond donors (Lipinski definition) is 2. The first kappa shape index (κ1) is 16.9. The molecule has 0 fully saturated rings. The van der Waals surface area contributed by atoms with Gasteiger partial charge in [0.2, 0.25) is 0 Å². The zero-order chi connectivity index (χ0) is 17.0. The molecule has 0 heterocycles. The van der Waals surface area contributed by atoms with Gasteiger partial charge in [-0.15, -0.1) is 0 Å². The fourth-order valence-corrected chi connectivity index (χ4v) is 2.19. The first-order chi connectivity index (χ1) is 10.8. The molecule has 0 spiro atoms. The SMILES string of the molecule is CNC(=O)c1cccc(NC(C)c2ccc(C(F)(F)F)cc2)c1. The molecule has 2 N–H and O–H groups in total. The van der Waals surface area contributed by atoms with Crippen molar-refractivity contribution < 1.29 is 18.0 Å². The van der Waals surface area contributed by atoms with Gasteiger partial charge in [-0.1, -0.05) is 18.2 Å². The molecule has 0 saturated carbocycles. The van der Waals surface area contributed by atoms with Crippen molar-refractivity contribution in [2.45, 2.75) is 19.1 Å². The van der Waals surface area contributed by atoms with E-state index >= 15 is 0 Å². The van der Waals surface area contributed by atoms with E-state index in [1.165, 1.54) is 12.1 Å². The maximum Gasteiger partial charge on any atom is 0.416 e. The minimum atomic E-state index is -4.34. The highest BCUT2D eigenvalue weighted by Gasteiger charge is 2.30. The molecule has 0 aliphatic rings. The number of hydrogen-bond acceptors (Lipinski definition) is 2. The van der Waals surface area contributed by atoms with Crippen LogP contribution in [0.1, 0.15) is 34.5 Å². The largest absolute Gasteiger partial charge is 0.416 e. The smallest absolute Gasteiger partial charge is 0.379 e. The third-order valence-corrected chi connectivity index (χ3v) is 3.47. The summed E-state index contributed by atoms with van der Waals surface area (Å²) in [6, 6.07) is 11.7. The predicted molar refractivity (Wildman–Crippen MR) is 83.3 cm³/mol. The van der Waals surface area contributed by atoms with Gasteiger partial charge in [0, 0.05) is 24.3 Å². The van der Waals surface area contributed by atoms with Gasteiger partial charge < -0.3 is 10.6 Å². The van der Waals surface area contributed by atoms with E-state index in [4.69, 9.17) is 0 Å². The van der Waals surface area contributed by atoms with Crippen molar-refractivity contribution in [1.29, 1.82) is 0 Å². The Morgan fingerprint density at radius 1 is 1.09 bits per heavy atom. The standard InChI is InChI=1S/C17H17F3N2O/c1-11(12-6-8-14(9-7-12)17(18,19)20)22-15-5-3-4-13(10-15)16(23)21-2/h3-11,22H,1-2H3,(H,21,23). The summed E-state index contributed by atoms with van der Waals surface area (Å²) < 4.78 is 37.7. The molecule has 1 amide bonds. The number of carbonyl (C=O) groups excluding carboxylic acids is 1. The lowest BCUT2D eigenvalue weighted by Gasteiger charge is -2.17. The van der Waals surface area contributed by atoms with Crippen LogP contribution in [0.4, 0.5) is 18.9 Å². The maximum atomic E-state index is 12.6. The highest BCUT2D eigenvalue weighted by Crippen LogP contribution is 2.30. The summed E-state index contributed by atoms with van der Waals surface area (Å²) in [4.78, 5) is 11.6. The molecule has 2 rings (SSSR count). The zero-order valence-electron chi connectivity index (χ0n) is 12.7. The molecule has 1 atom stereocenters. The van der Waals surface area contributed by atoms with Crippen molar-refractivity contribution in [2.24, 2.45) is 0 Å². The van der Waals surface area contributed by atoms with Gasteiger partial charge in [0.25, 0.3) is 5.91 Å². The predicted octanol–water partition coefficient (Wildman–Crippen LogP) is 4.24. The van der Waals surface area contributed by atoms with Gasteiger partial charge in [0.15, 0.2) is 0 Å². The van der Waals surface area contributed by atoms with Crippen LogP contribution in [-0.4, -0.2) is 13.0 Å². The summed E-state index contributed by atoms with van der Waals surface area (Å²) >= 11 is 0. The van der Waals surface area contributed by atoms with E-state index in [-0.39, 0.29) is 11.9 Å². The van der Waals surface area contributed by atoms with Crippen LogP contribution >= 0.6 is 0 Å². The lowest BCUT2D eigenvalue weighted by atomic mass is 10.1. The van der Waals surface area contributed by atoms with Gasteiger partial charge in [-0.2, -0.15) is 13.2 Å². The highest BCUT2D eigenvalue weighted by molar-refractivity contribution is 5.94. The Bertz CT molecular complexity index is 681. The summed E-state index contributed by atoms with van der Waals surface area (Å²) in [6.45, 7) is 1.84. The quantitative estimate of drug-likeness (QED) is 0.884. The third-order valence-electron chi connectivity index (χ3n) is 3.47. The van der Waals surface area contributed by atoms with Crippen LogP contribution in [0.5, 0.6) is 0 Å². The van der Waals surface area contributed by atoms with Crippen molar-refractivity contribution >= 4 is 11.6 Å². The number of carbonyl (C=O) groups is 1. The van der Waals surface area contributed by atoms with E-state index in [1.54, 1.807) is 31.3 Å². The molecule has 0 radical (unpaired) electrons. The number of alkyl halides is 3. The van der Waals surface area contributed by atoms with Crippen molar-refractivity contribution in [2.75, 3.05) is 12.4 Å². The monoisotopic (exact) mass is 322 g/mol. The molecule has 0 saturated heterocycles. The Morgan fingerprint density at radius 2 is 1.74 bits per heavy atom. The number of anilines is 1. The lowest BCUT2D eigenvalue weighted by molar-refractivity contribution is -0.137. The average molecular weight is 322 g/mol. The van der Waals surface area contributed by atoms with Crippen molar-refractivity contribution in [3.8, 4) is 0 Å². The van der Waals surface area contributed by atoms with Crippen molar-refractivity contribution in [3.63, 3.8) is 0 Å². The molecule has 1 unspecified atom stereocenters. The lowest BCUT2D eigenvalue weighted by Crippen LogP contribution is -2.18. The molecule has 23 heavy (non-hydrogen) atoms. The van der Waals surface area contributed by atoms with E-state index in [0.717, 1.165) is 23.4 Å². The van der Waals surface area contributed by atoms with Crippen LogP contribution in [-0.2, 0) is 6.18 Å². The topological polar surface area (TPSA) is 41.1 Å².